The van der Waals surface area contributed by atoms with E-state index in [0.29, 0.717) is 28.2 Å². The fourth-order valence-corrected chi connectivity index (χ4v) is 2.97. The monoisotopic (exact) mass is 440 g/mol. The molecule has 0 saturated heterocycles. The minimum absolute atomic E-state index is 0.318. The number of imidazole rings is 1. The Morgan fingerprint density at radius 2 is 1.69 bits per heavy atom. The number of anilines is 1. The average molecular weight is 440 g/mol. The van der Waals surface area contributed by atoms with Crippen molar-refractivity contribution >= 4 is 17.2 Å². The summed E-state index contributed by atoms with van der Waals surface area (Å²) >= 11 is 0. The zero-order valence-corrected chi connectivity index (χ0v) is 17.5. The number of nitrogens with one attached hydrogen (secondary N) is 1. The van der Waals surface area contributed by atoms with Gasteiger partial charge in [-0.25, -0.2) is 19.5 Å². The van der Waals surface area contributed by atoms with Crippen LogP contribution in [0.25, 0.3) is 28.2 Å². The van der Waals surface area contributed by atoms with E-state index in [4.69, 9.17) is 0 Å². The fraction of sp³-hybridized carbons (Fsp3) is 0.227. The van der Waals surface area contributed by atoms with Crippen molar-refractivity contribution in [2.45, 2.75) is 26.9 Å². The maximum Gasteiger partial charge on any atom is 0.418 e. The fourth-order valence-electron chi connectivity index (χ4n) is 2.97. The van der Waals surface area contributed by atoms with Gasteiger partial charge in [-0.05, 0) is 24.3 Å². The summed E-state index contributed by atoms with van der Waals surface area (Å²) in [5.74, 6) is -0.522. The molecule has 1 amide bonds. The van der Waals surface area contributed by atoms with Crippen LogP contribution in [0.4, 0.5) is 18.9 Å². The van der Waals surface area contributed by atoms with Crippen molar-refractivity contribution in [3.8, 4) is 22.5 Å². The van der Waals surface area contributed by atoms with E-state index < -0.39 is 23.1 Å². The van der Waals surface area contributed by atoms with Crippen LogP contribution >= 0.6 is 0 Å². The molecule has 0 bridgehead atoms. The Hall–Kier alpha value is -3.82. The van der Waals surface area contributed by atoms with E-state index in [1.807, 2.05) is 0 Å². The minimum Gasteiger partial charge on any atom is -0.325 e. The third-order valence-electron chi connectivity index (χ3n) is 4.73. The van der Waals surface area contributed by atoms with Gasteiger partial charge in [0.05, 0.1) is 28.8 Å². The molecule has 0 aliphatic carbocycles. The zero-order chi connectivity index (χ0) is 23.1. The Labute approximate surface area is 181 Å². The summed E-state index contributed by atoms with van der Waals surface area (Å²) in [4.78, 5) is 24.7. The van der Waals surface area contributed by atoms with Crippen LogP contribution in [-0.4, -0.2) is 30.5 Å². The highest BCUT2D eigenvalue weighted by Gasteiger charge is 2.35. The molecule has 0 atom stereocenters. The van der Waals surface area contributed by atoms with Gasteiger partial charge in [0.15, 0.2) is 5.65 Å². The lowest BCUT2D eigenvalue weighted by atomic mass is 9.95. The van der Waals surface area contributed by atoms with Crippen LogP contribution in [0.3, 0.4) is 0 Å². The van der Waals surface area contributed by atoms with E-state index in [-0.39, 0.29) is 5.69 Å². The summed E-state index contributed by atoms with van der Waals surface area (Å²) in [7, 11) is 0. The number of fused-ring (bicyclic) bond motifs is 1. The van der Waals surface area contributed by atoms with Gasteiger partial charge < -0.3 is 5.32 Å². The van der Waals surface area contributed by atoms with E-state index in [9.17, 15) is 18.0 Å². The van der Waals surface area contributed by atoms with Crippen LogP contribution in [0.1, 0.15) is 26.3 Å². The predicted octanol–water partition coefficient (Wildman–Crippen LogP) is 4.86. The van der Waals surface area contributed by atoms with Gasteiger partial charge in [0.25, 0.3) is 0 Å². The summed E-state index contributed by atoms with van der Waals surface area (Å²) < 4.78 is 42.1. The Morgan fingerprint density at radius 3 is 2.34 bits per heavy atom. The van der Waals surface area contributed by atoms with Crippen LogP contribution in [0.2, 0.25) is 0 Å². The van der Waals surface area contributed by atoms with Crippen molar-refractivity contribution in [2.75, 3.05) is 5.32 Å². The van der Waals surface area contributed by atoms with E-state index in [1.165, 1.54) is 23.0 Å². The third kappa shape index (κ3) is 4.29. The number of rotatable bonds is 3. The van der Waals surface area contributed by atoms with Crippen molar-refractivity contribution in [3.63, 3.8) is 0 Å². The first-order valence-electron chi connectivity index (χ1n) is 9.67. The molecular weight excluding hydrogens is 421 g/mol. The van der Waals surface area contributed by atoms with E-state index in [1.54, 1.807) is 51.5 Å². The molecule has 1 aromatic carbocycles. The van der Waals surface area contributed by atoms with Crippen molar-refractivity contribution in [3.05, 3.63) is 60.8 Å². The summed E-state index contributed by atoms with van der Waals surface area (Å²) in [5.41, 5.74) is 0.578. The molecule has 3 heterocycles. The highest BCUT2D eigenvalue weighted by Crippen LogP contribution is 2.37. The SMILES string of the molecule is CC(C)(C)C(=O)Nc1cc(-c2cn3nc(-c4cncnc4)ccc3n2)ccc1C(F)(F)F. The van der Waals surface area contributed by atoms with Gasteiger partial charge in [0, 0.05) is 28.9 Å². The van der Waals surface area contributed by atoms with Crippen molar-refractivity contribution in [1.82, 2.24) is 24.6 Å². The first-order valence-corrected chi connectivity index (χ1v) is 9.67. The highest BCUT2D eigenvalue weighted by molar-refractivity contribution is 5.96. The third-order valence-corrected chi connectivity index (χ3v) is 4.73. The van der Waals surface area contributed by atoms with Crippen LogP contribution in [0, 0.1) is 5.41 Å². The Balaban J connectivity index is 1.75. The number of hydrogen-bond acceptors (Lipinski definition) is 5. The normalized spacial score (nSPS) is 12.2. The van der Waals surface area contributed by atoms with Crippen LogP contribution in [0.15, 0.2) is 55.2 Å². The molecule has 0 spiro atoms. The Bertz CT molecular complexity index is 1290. The number of nitrogens with zero attached hydrogens (tertiary/aromatic N) is 5. The molecule has 0 aliphatic rings. The van der Waals surface area contributed by atoms with Crippen molar-refractivity contribution in [1.29, 1.82) is 0 Å². The van der Waals surface area contributed by atoms with Gasteiger partial charge in [0.1, 0.15) is 6.33 Å². The Kier molecular flexibility index (Phi) is 5.15. The summed E-state index contributed by atoms with van der Waals surface area (Å²) in [6.45, 7) is 4.88. The standard InChI is InChI=1S/C22H19F3N6O/c1-21(2,3)20(32)29-17-8-13(4-5-15(17)22(23,24)25)18-11-31-19(28-18)7-6-16(30-31)14-9-26-12-27-10-14/h4-12H,1-3H3,(H,29,32). The second-order valence-corrected chi connectivity index (χ2v) is 8.24. The number of alkyl halides is 3. The van der Waals surface area contributed by atoms with Crippen molar-refractivity contribution in [2.24, 2.45) is 5.41 Å². The van der Waals surface area contributed by atoms with Crippen LogP contribution in [0.5, 0.6) is 0 Å². The Morgan fingerprint density at radius 1 is 0.969 bits per heavy atom. The number of benzene rings is 1. The molecule has 0 unspecified atom stereocenters. The van der Waals surface area contributed by atoms with E-state index in [2.05, 4.69) is 25.4 Å². The van der Waals surface area contributed by atoms with Gasteiger partial charge in [-0.1, -0.05) is 26.8 Å². The summed E-state index contributed by atoms with van der Waals surface area (Å²) in [6, 6.07) is 7.04. The summed E-state index contributed by atoms with van der Waals surface area (Å²) in [5, 5.41) is 6.88. The molecule has 7 nitrogen and oxygen atoms in total. The second kappa shape index (κ2) is 7.70. The first kappa shape index (κ1) is 21.4. The van der Waals surface area contributed by atoms with Gasteiger partial charge in [-0.2, -0.15) is 18.3 Å². The maximum absolute atomic E-state index is 13.5. The topological polar surface area (TPSA) is 85.1 Å². The lowest BCUT2D eigenvalue weighted by Crippen LogP contribution is -2.28. The average Bonchev–Trinajstić information content (AvgIpc) is 3.16. The zero-order valence-electron chi connectivity index (χ0n) is 17.5. The van der Waals surface area contributed by atoms with E-state index in [0.717, 1.165) is 6.07 Å². The minimum atomic E-state index is -4.62. The van der Waals surface area contributed by atoms with Crippen molar-refractivity contribution < 1.29 is 18.0 Å². The quantitative estimate of drug-likeness (QED) is 0.492. The van der Waals surface area contributed by atoms with Gasteiger partial charge in [-0.3, -0.25) is 4.79 Å². The van der Waals surface area contributed by atoms with Gasteiger partial charge in [-0.15, -0.1) is 0 Å². The molecule has 10 heteroatoms. The van der Waals surface area contributed by atoms with Crippen LogP contribution in [-0.2, 0) is 11.0 Å². The van der Waals surface area contributed by atoms with Crippen LogP contribution < -0.4 is 5.32 Å². The van der Waals surface area contributed by atoms with Gasteiger partial charge >= 0.3 is 6.18 Å². The smallest absolute Gasteiger partial charge is 0.325 e. The molecular formula is C22H19F3N6O. The summed E-state index contributed by atoms with van der Waals surface area (Å²) in [6.07, 6.45) is 1.66. The number of amides is 1. The molecule has 1 N–H and O–H groups in total. The molecule has 0 saturated carbocycles. The molecule has 164 valence electrons. The lowest BCUT2D eigenvalue weighted by molar-refractivity contribution is -0.137. The van der Waals surface area contributed by atoms with Gasteiger partial charge in [0.2, 0.25) is 5.91 Å². The molecule has 0 radical (unpaired) electrons. The molecule has 0 aliphatic heterocycles. The largest absolute Gasteiger partial charge is 0.418 e. The second-order valence-electron chi connectivity index (χ2n) is 8.24. The number of carbonyl (C=O) groups is 1. The number of hydrogen-bond donors (Lipinski definition) is 1. The molecule has 32 heavy (non-hydrogen) atoms. The molecule has 4 rings (SSSR count). The molecule has 3 aromatic heterocycles. The molecule has 4 aromatic rings. The first-order chi connectivity index (χ1) is 15.0. The maximum atomic E-state index is 13.5. The highest BCUT2D eigenvalue weighted by atomic mass is 19.4. The lowest BCUT2D eigenvalue weighted by Gasteiger charge is -2.20. The van der Waals surface area contributed by atoms with E-state index >= 15 is 0 Å². The molecule has 0 fully saturated rings. The predicted molar refractivity (Wildman–Crippen MR) is 113 cm³/mol. The number of halogens is 3. The number of carbonyl (C=O) groups excluding carboxylic acids is 1. The number of aromatic nitrogens is 5.